The van der Waals surface area contributed by atoms with Crippen molar-refractivity contribution in [3.63, 3.8) is 0 Å². The number of halogens is 4. The van der Waals surface area contributed by atoms with Crippen molar-refractivity contribution in [2.24, 2.45) is 11.5 Å². The molecule has 0 bridgehead atoms. The molecule has 4 N–H and O–H groups in total. The van der Waals surface area contributed by atoms with E-state index in [0.29, 0.717) is 0 Å². The summed E-state index contributed by atoms with van der Waals surface area (Å²) in [6, 6.07) is 0. The zero-order valence-corrected chi connectivity index (χ0v) is 14.2. The van der Waals surface area contributed by atoms with Crippen LogP contribution in [0.1, 0.15) is 6.42 Å². The maximum absolute atomic E-state index is 5.06. The predicted octanol–water partition coefficient (Wildman–Crippen LogP) is 1.77. The zero-order chi connectivity index (χ0) is 4.12. The maximum Gasteiger partial charge on any atom is -0.00653 e. The Hall–Kier alpha value is 2.84. The fourth-order valence-corrected chi connectivity index (χ4v) is 0.118. The molecule has 0 aromatic rings. The summed E-state index contributed by atoms with van der Waals surface area (Å²) in [5.74, 6) is 0. The van der Waals surface area contributed by atoms with Gasteiger partial charge in [0.25, 0.3) is 0 Å². The van der Waals surface area contributed by atoms with Crippen LogP contribution in [0.4, 0.5) is 0 Å². The molecule has 64 valence electrons. The van der Waals surface area contributed by atoms with Crippen LogP contribution in [0.2, 0.25) is 0 Å². The molecule has 0 saturated carbocycles. The van der Waals surface area contributed by atoms with Crippen molar-refractivity contribution >= 4 is 95.9 Å². The molecule has 0 unspecified atom stereocenters. The fraction of sp³-hybridized carbons (Fsp3) is 1.00. The monoisotopic (exact) mass is 586 g/mol. The molecule has 9 heavy (non-hydrogen) atoms. The standard InChI is InChI=1S/C3H10N2.4HI/c4-2-1-3-5;;;;/h1-5H2;4*1H. The Labute approximate surface area is 125 Å². The molecular formula is C3H14I4N2. The van der Waals surface area contributed by atoms with Gasteiger partial charge in [0, 0.05) is 0 Å². The van der Waals surface area contributed by atoms with Crippen molar-refractivity contribution in [1.29, 1.82) is 0 Å². The van der Waals surface area contributed by atoms with E-state index in [0.717, 1.165) is 19.5 Å². The van der Waals surface area contributed by atoms with Gasteiger partial charge in [0.05, 0.1) is 0 Å². The molecule has 0 spiro atoms. The van der Waals surface area contributed by atoms with Gasteiger partial charge in [-0.3, -0.25) is 0 Å². The lowest BCUT2D eigenvalue weighted by Crippen LogP contribution is -2.06. The van der Waals surface area contributed by atoms with E-state index < -0.39 is 0 Å². The van der Waals surface area contributed by atoms with E-state index in [9.17, 15) is 0 Å². The Morgan fingerprint density at radius 1 is 0.667 bits per heavy atom. The van der Waals surface area contributed by atoms with Gasteiger partial charge in [-0.2, -0.15) is 0 Å². The van der Waals surface area contributed by atoms with Crippen molar-refractivity contribution in [2.75, 3.05) is 13.1 Å². The van der Waals surface area contributed by atoms with Gasteiger partial charge >= 0.3 is 0 Å². The third-order valence-electron chi connectivity index (χ3n) is 0.408. The smallest absolute Gasteiger partial charge is 0.00653 e. The summed E-state index contributed by atoms with van der Waals surface area (Å²) in [5.41, 5.74) is 10.1. The SMILES string of the molecule is I.I.I.I.NCCCN. The summed E-state index contributed by atoms with van der Waals surface area (Å²) in [4.78, 5) is 0. The number of hydrogen-bond donors (Lipinski definition) is 2. The van der Waals surface area contributed by atoms with Crippen molar-refractivity contribution in [3.8, 4) is 0 Å². The van der Waals surface area contributed by atoms with Crippen molar-refractivity contribution < 1.29 is 0 Å². The van der Waals surface area contributed by atoms with Crippen LogP contribution in [0.3, 0.4) is 0 Å². The molecular weight excluding hydrogens is 572 g/mol. The Morgan fingerprint density at radius 3 is 0.889 bits per heavy atom. The highest BCUT2D eigenvalue weighted by atomic mass is 127. The molecule has 2 nitrogen and oxygen atoms in total. The molecule has 0 aliphatic rings. The topological polar surface area (TPSA) is 52.0 Å². The average Bonchev–Trinajstić information content (AvgIpc) is 1.41. The van der Waals surface area contributed by atoms with Crippen LogP contribution in [0.5, 0.6) is 0 Å². The van der Waals surface area contributed by atoms with E-state index in [-0.39, 0.29) is 95.9 Å². The van der Waals surface area contributed by atoms with Crippen LogP contribution in [0.15, 0.2) is 0 Å². The molecule has 0 amide bonds. The number of hydrogen-bond acceptors (Lipinski definition) is 2. The first-order valence-corrected chi connectivity index (χ1v) is 1.82. The molecule has 0 fully saturated rings. The molecule has 0 atom stereocenters. The first kappa shape index (κ1) is 29.7. The van der Waals surface area contributed by atoms with Gasteiger partial charge in [-0.15, -0.1) is 95.9 Å². The first-order chi connectivity index (χ1) is 2.41. The van der Waals surface area contributed by atoms with E-state index in [4.69, 9.17) is 11.5 Å². The third-order valence-corrected chi connectivity index (χ3v) is 0.408. The van der Waals surface area contributed by atoms with E-state index in [1.165, 1.54) is 0 Å². The largest absolute Gasteiger partial charge is 0.330 e. The van der Waals surface area contributed by atoms with Gasteiger partial charge in [0.15, 0.2) is 0 Å². The second-order valence-corrected chi connectivity index (χ2v) is 0.931. The molecule has 0 aliphatic carbocycles. The lowest BCUT2D eigenvalue weighted by molar-refractivity contribution is 0.844. The summed E-state index contributed by atoms with van der Waals surface area (Å²) >= 11 is 0. The van der Waals surface area contributed by atoms with Gasteiger partial charge in [0.1, 0.15) is 0 Å². The van der Waals surface area contributed by atoms with Gasteiger partial charge in [-0.1, -0.05) is 0 Å². The summed E-state index contributed by atoms with van der Waals surface area (Å²) < 4.78 is 0. The molecule has 0 saturated heterocycles. The molecule has 0 radical (unpaired) electrons. The molecule has 0 aliphatic heterocycles. The lowest BCUT2D eigenvalue weighted by atomic mass is 10.4. The predicted molar refractivity (Wildman–Crippen MR) is 84.4 cm³/mol. The van der Waals surface area contributed by atoms with Crippen LogP contribution in [0.25, 0.3) is 0 Å². The van der Waals surface area contributed by atoms with E-state index in [1.54, 1.807) is 0 Å². The summed E-state index contributed by atoms with van der Waals surface area (Å²) in [5, 5.41) is 0. The van der Waals surface area contributed by atoms with Crippen molar-refractivity contribution in [1.82, 2.24) is 0 Å². The van der Waals surface area contributed by atoms with E-state index in [2.05, 4.69) is 0 Å². The number of nitrogens with two attached hydrogens (primary N) is 2. The van der Waals surface area contributed by atoms with Crippen LogP contribution >= 0.6 is 95.9 Å². The van der Waals surface area contributed by atoms with Gasteiger partial charge < -0.3 is 11.5 Å². The first-order valence-electron chi connectivity index (χ1n) is 1.82. The van der Waals surface area contributed by atoms with Crippen LogP contribution in [0, 0.1) is 0 Å². The Bertz CT molecular complexity index is 21.3. The lowest BCUT2D eigenvalue weighted by Gasteiger charge is -1.81. The Kier molecular flexibility index (Phi) is 102. The minimum absolute atomic E-state index is 0. The molecule has 0 aromatic heterocycles. The summed E-state index contributed by atoms with van der Waals surface area (Å²) in [6.45, 7) is 1.44. The highest BCUT2D eigenvalue weighted by molar-refractivity contribution is 14.0. The van der Waals surface area contributed by atoms with Crippen LogP contribution in [-0.2, 0) is 0 Å². The average molecular weight is 586 g/mol. The third kappa shape index (κ3) is 36.2. The Morgan fingerprint density at radius 2 is 0.889 bits per heavy atom. The van der Waals surface area contributed by atoms with Crippen molar-refractivity contribution in [2.45, 2.75) is 6.42 Å². The minimum Gasteiger partial charge on any atom is -0.330 e. The fourth-order valence-electron chi connectivity index (χ4n) is 0.118. The summed E-state index contributed by atoms with van der Waals surface area (Å²) in [7, 11) is 0. The molecule has 0 heterocycles. The summed E-state index contributed by atoms with van der Waals surface area (Å²) in [6.07, 6.45) is 0.944. The second-order valence-electron chi connectivity index (χ2n) is 0.931. The van der Waals surface area contributed by atoms with Crippen molar-refractivity contribution in [3.05, 3.63) is 0 Å². The highest BCUT2D eigenvalue weighted by Gasteiger charge is 1.67. The minimum atomic E-state index is 0. The number of rotatable bonds is 2. The van der Waals surface area contributed by atoms with E-state index in [1.807, 2.05) is 0 Å². The maximum atomic E-state index is 5.06. The van der Waals surface area contributed by atoms with Gasteiger partial charge in [0.2, 0.25) is 0 Å². The van der Waals surface area contributed by atoms with E-state index >= 15 is 0 Å². The highest BCUT2D eigenvalue weighted by Crippen LogP contribution is 1.58. The second kappa shape index (κ2) is 30.8. The van der Waals surface area contributed by atoms with Crippen LogP contribution < -0.4 is 11.5 Å². The quantitative estimate of drug-likeness (QED) is 0.486. The molecule has 6 heteroatoms. The van der Waals surface area contributed by atoms with Gasteiger partial charge in [-0.25, -0.2) is 0 Å². The van der Waals surface area contributed by atoms with Crippen LogP contribution in [-0.4, -0.2) is 13.1 Å². The zero-order valence-electron chi connectivity index (χ0n) is 4.91. The van der Waals surface area contributed by atoms with Gasteiger partial charge in [-0.05, 0) is 19.5 Å². The molecule has 0 aromatic carbocycles. The normalized spacial score (nSPS) is 4.67. The Balaban J connectivity index is -0.0000000133. The molecule has 0 rings (SSSR count).